The normalized spacial score (nSPS) is 15.9. The number of nitrogens with one attached hydrogen (secondary N) is 1. The quantitative estimate of drug-likeness (QED) is 0.759. The minimum atomic E-state index is -0.122. The van der Waals surface area contributed by atoms with Crippen molar-refractivity contribution in [3.8, 4) is 6.07 Å². The van der Waals surface area contributed by atoms with Crippen LogP contribution >= 0.6 is 0 Å². The third kappa shape index (κ3) is 3.16. The first-order valence-corrected chi connectivity index (χ1v) is 6.45. The summed E-state index contributed by atoms with van der Waals surface area (Å²) in [6.45, 7) is 3.76. The molecule has 1 aromatic rings. The summed E-state index contributed by atoms with van der Waals surface area (Å²) in [5.74, 6) is 0.684. The van der Waals surface area contributed by atoms with E-state index in [0.29, 0.717) is 22.9 Å². The fourth-order valence-electron chi connectivity index (χ4n) is 2.15. The average Bonchev–Trinajstić information content (AvgIpc) is 2.41. The third-order valence-electron chi connectivity index (χ3n) is 3.49. The third-order valence-corrected chi connectivity index (χ3v) is 3.49. The van der Waals surface area contributed by atoms with Gasteiger partial charge in [-0.2, -0.15) is 5.26 Å². The van der Waals surface area contributed by atoms with Crippen molar-refractivity contribution in [2.45, 2.75) is 19.8 Å². The van der Waals surface area contributed by atoms with Crippen molar-refractivity contribution < 1.29 is 4.79 Å². The molecule has 0 spiro atoms. The van der Waals surface area contributed by atoms with Gasteiger partial charge in [0.05, 0.1) is 23.0 Å². The molecule has 2 rings (SSSR count). The number of piperidine rings is 1. The lowest BCUT2D eigenvalue weighted by atomic mass is 10.00. The van der Waals surface area contributed by atoms with E-state index in [0.717, 1.165) is 25.9 Å². The van der Waals surface area contributed by atoms with Crippen molar-refractivity contribution in [1.82, 2.24) is 4.90 Å². The van der Waals surface area contributed by atoms with Crippen LogP contribution in [0.3, 0.4) is 0 Å². The van der Waals surface area contributed by atoms with Crippen LogP contribution in [0.25, 0.3) is 0 Å². The SMILES string of the molecule is CC1CCN(C(=O)Nc2ccc(C#N)cc2N)CC1. The Morgan fingerprint density at radius 2 is 2.16 bits per heavy atom. The van der Waals surface area contributed by atoms with Gasteiger partial charge in [0.1, 0.15) is 0 Å². The molecule has 1 aromatic carbocycles. The number of hydrogen-bond donors (Lipinski definition) is 2. The number of rotatable bonds is 1. The monoisotopic (exact) mass is 258 g/mol. The second-order valence-corrected chi connectivity index (χ2v) is 5.01. The van der Waals surface area contributed by atoms with Crippen LogP contribution in [-0.4, -0.2) is 24.0 Å². The number of nitriles is 1. The second-order valence-electron chi connectivity index (χ2n) is 5.01. The Labute approximate surface area is 113 Å². The van der Waals surface area contributed by atoms with Crippen LogP contribution in [0.15, 0.2) is 18.2 Å². The summed E-state index contributed by atoms with van der Waals surface area (Å²) in [4.78, 5) is 13.9. The van der Waals surface area contributed by atoms with Crippen molar-refractivity contribution in [2.24, 2.45) is 5.92 Å². The zero-order valence-corrected chi connectivity index (χ0v) is 11.0. The molecule has 0 unspecified atom stereocenters. The first-order valence-electron chi connectivity index (χ1n) is 6.45. The van der Waals surface area contributed by atoms with Crippen LogP contribution in [-0.2, 0) is 0 Å². The van der Waals surface area contributed by atoms with Crippen molar-refractivity contribution in [1.29, 1.82) is 5.26 Å². The molecule has 0 atom stereocenters. The molecular weight excluding hydrogens is 240 g/mol. The van der Waals surface area contributed by atoms with Crippen molar-refractivity contribution in [3.63, 3.8) is 0 Å². The van der Waals surface area contributed by atoms with Gasteiger partial charge in [0.2, 0.25) is 0 Å². The molecule has 0 aliphatic carbocycles. The number of amides is 2. The Kier molecular flexibility index (Phi) is 3.91. The lowest BCUT2D eigenvalue weighted by Gasteiger charge is -2.30. The summed E-state index contributed by atoms with van der Waals surface area (Å²) in [6, 6.07) is 6.76. The fraction of sp³-hybridized carbons (Fsp3) is 0.429. The van der Waals surface area contributed by atoms with Gasteiger partial charge in [-0.1, -0.05) is 6.92 Å². The second kappa shape index (κ2) is 5.61. The molecule has 0 bridgehead atoms. The predicted molar refractivity (Wildman–Crippen MR) is 74.6 cm³/mol. The van der Waals surface area contributed by atoms with Gasteiger partial charge in [-0.05, 0) is 37.0 Å². The smallest absolute Gasteiger partial charge is 0.321 e. The highest BCUT2D eigenvalue weighted by Gasteiger charge is 2.20. The van der Waals surface area contributed by atoms with E-state index in [-0.39, 0.29) is 6.03 Å². The summed E-state index contributed by atoms with van der Waals surface area (Å²) in [6.07, 6.45) is 2.08. The van der Waals surface area contributed by atoms with Crippen LogP contribution in [0.4, 0.5) is 16.2 Å². The summed E-state index contributed by atoms with van der Waals surface area (Å²) < 4.78 is 0. The van der Waals surface area contributed by atoms with Crippen LogP contribution in [0, 0.1) is 17.2 Å². The number of nitrogens with two attached hydrogens (primary N) is 1. The molecule has 5 nitrogen and oxygen atoms in total. The van der Waals surface area contributed by atoms with E-state index in [2.05, 4.69) is 12.2 Å². The first-order chi connectivity index (χ1) is 9.10. The summed E-state index contributed by atoms with van der Waals surface area (Å²) in [5, 5.41) is 11.6. The van der Waals surface area contributed by atoms with Crippen molar-refractivity contribution in [3.05, 3.63) is 23.8 Å². The van der Waals surface area contributed by atoms with Crippen LogP contribution in [0.1, 0.15) is 25.3 Å². The number of benzene rings is 1. The Morgan fingerprint density at radius 3 is 2.74 bits per heavy atom. The molecule has 1 aliphatic heterocycles. The largest absolute Gasteiger partial charge is 0.397 e. The zero-order valence-electron chi connectivity index (χ0n) is 11.0. The van der Waals surface area contributed by atoms with Gasteiger partial charge >= 0.3 is 6.03 Å². The topological polar surface area (TPSA) is 82.2 Å². The minimum absolute atomic E-state index is 0.122. The molecule has 0 saturated carbocycles. The number of hydrogen-bond acceptors (Lipinski definition) is 3. The van der Waals surface area contributed by atoms with Gasteiger partial charge in [-0.25, -0.2) is 4.79 Å². The van der Waals surface area contributed by atoms with E-state index in [1.807, 2.05) is 6.07 Å². The molecule has 100 valence electrons. The van der Waals surface area contributed by atoms with Gasteiger partial charge in [-0.15, -0.1) is 0 Å². The van der Waals surface area contributed by atoms with E-state index in [1.165, 1.54) is 0 Å². The number of anilines is 2. The average molecular weight is 258 g/mol. The van der Waals surface area contributed by atoms with Gasteiger partial charge < -0.3 is 16.0 Å². The number of likely N-dealkylation sites (tertiary alicyclic amines) is 1. The van der Waals surface area contributed by atoms with E-state index < -0.39 is 0 Å². The maximum Gasteiger partial charge on any atom is 0.321 e. The van der Waals surface area contributed by atoms with E-state index in [9.17, 15) is 4.79 Å². The number of urea groups is 1. The minimum Gasteiger partial charge on any atom is -0.397 e. The number of carbonyl (C=O) groups is 1. The van der Waals surface area contributed by atoms with Crippen molar-refractivity contribution in [2.75, 3.05) is 24.1 Å². The standard InChI is InChI=1S/C14H18N4O/c1-10-4-6-18(7-5-10)14(19)17-13-3-2-11(9-15)8-12(13)16/h2-3,8,10H,4-7,16H2,1H3,(H,17,19). The van der Waals surface area contributed by atoms with Crippen LogP contribution in [0.2, 0.25) is 0 Å². The fourth-order valence-corrected chi connectivity index (χ4v) is 2.15. The highest BCUT2D eigenvalue weighted by molar-refractivity contribution is 5.92. The molecular formula is C14H18N4O. The first kappa shape index (κ1) is 13.2. The number of carbonyl (C=O) groups excluding carboxylic acids is 1. The van der Waals surface area contributed by atoms with E-state index >= 15 is 0 Å². The highest BCUT2D eigenvalue weighted by atomic mass is 16.2. The molecule has 1 heterocycles. The van der Waals surface area contributed by atoms with Crippen molar-refractivity contribution >= 4 is 17.4 Å². The van der Waals surface area contributed by atoms with E-state index in [4.69, 9.17) is 11.0 Å². The Hall–Kier alpha value is -2.22. The molecule has 19 heavy (non-hydrogen) atoms. The Bertz CT molecular complexity index is 513. The lowest BCUT2D eigenvalue weighted by molar-refractivity contribution is 0.186. The van der Waals surface area contributed by atoms with Crippen LogP contribution in [0.5, 0.6) is 0 Å². The van der Waals surface area contributed by atoms with Gasteiger partial charge in [0.15, 0.2) is 0 Å². The molecule has 0 radical (unpaired) electrons. The van der Waals surface area contributed by atoms with Crippen LogP contribution < -0.4 is 11.1 Å². The molecule has 2 amide bonds. The molecule has 1 saturated heterocycles. The Morgan fingerprint density at radius 1 is 1.47 bits per heavy atom. The summed E-state index contributed by atoms with van der Waals surface area (Å²) >= 11 is 0. The predicted octanol–water partition coefficient (Wildman–Crippen LogP) is 2.40. The van der Waals surface area contributed by atoms with Gasteiger partial charge in [0, 0.05) is 13.1 Å². The molecule has 1 fully saturated rings. The maximum absolute atomic E-state index is 12.1. The zero-order chi connectivity index (χ0) is 13.8. The Balaban J connectivity index is 2.01. The molecule has 5 heteroatoms. The molecule has 0 aromatic heterocycles. The summed E-state index contributed by atoms with van der Waals surface area (Å²) in [5.41, 5.74) is 7.27. The van der Waals surface area contributed by atoms with E-state index in [1.54, 1.807) is 23.1 Å². The number of nitrogens with zero attached hydrogens (tertiary/aromatic N) is 2. The van der Waals surface area contributed by atoms with Gasteiger partial charge in [0.25, 0.3) is 0 Å². The maximum atomic E-state index is 12.1. The van der Waals surface area contributed by atoms with Gasteiger partial charge in [-0.3, -0.25) is 0 Å². The summed E-state index contributed by atoms with van der Waals surface area (Å²) in [7, 11) is 0. The molecule has 3 N–H and O–H groups in total. The number of nitrogen functional groups attached to an aromatic ring is 1. The highest BCUT2D eigenvalue weighted by Crippen LogP contribution is 2.21. The lowest BCUT2D eigenvalue weighted by Crippen LogP contribution is -2.40. The molecule has 1 aliphatic rings.